The van der Waals surface area contributed by atoms with Crippen LogP contribution in [0.1, 0.15) is 18.4 Å². The molecule has 1 unspecified atom stereocenters. The third kappa shape index (κ3) is 2.90. The van der Waals surface area contributed by atoms with E-state index >= 15 is 0 Å². The standard InChI is InChI=1S/C15H19BrN2O2/c16-12-4-2-1-3-11(12)15(5-6-15)10-18-14(19)13-9-17-7-8-20-13/h1-4,13,17H,5-10H2,(H,18,19). The van der Waals surface area contributed by atoms with Crippen molar-refractivity contribution in [2.45, 2.75) is 24.4 Å². The molecule has 1 saturated carbocycles. The van der Waals surface area contributed by atoms with Crippen LogP contribution in [0, 0.1) is 0 Å². The maximum absolute atomic E-state index is 12.1. The zero-order chi connectivity index (χ0) is 14.0. The molecule has 1 aliphatic carbocycles. The highest BCUT2D eigenvalue weighted by molar-refractivity contribution is 9.10. The van der Waals surface area contributed by atoms with Crippen LogP contribution in [-0.4, -0.2) is 38.3 Å². The molecule has 1 amide bonds. The molecule has 0 aromatic heterocycles. The van der Waals surface area contributed by atoms with Gasteiger partial charge in [0.05, 0.1) is 6.61 Å². The molecule has 0 radical (unpaired) electrons. The average molecular weight is 339 g/mol. The van der Waals surface area contributed by atoms with Gasteiger partial charge in [0.25, 0.3) is 0 Å². The first-order chi connectivity index (χ1) is 9.71. The van der Waals surface area contributed by atoms with Gasteiger partial charge >= 0.3 is 0 Å². The lowest BCUT2D eigenvalue weighted by Gasteiger charge is -2.24. The number of carbonyl (C=O) groups is 1. The van der Waals surface area contributed by atoms with Crippen molar-refractivity contribution in [2.24, 2.45) is 0 Å². The van der Waals surface area contributed by atoms with Crippen LogP contribution in [0.5, 0.6) is 0 Å². The monoisotopic (exact) mass is 338 g/mol. The molecular weight excluding hydrogens is 320 g/mol. The lowest BCUT2D eigenvalue weighted by atomic mass is 9.96. The Morgan fingerprint density at radius 2 is 2.25 bits per heavy atom. The quantitative estimate of drug-likeness (QED) is 0.876. The molecule has 1 saturated heterocycles. The molecule has 108 valence electrons. The van der Waals surface area contributed by atoms with E-state index in [9.17, 15) is 4.79 Å². The lowest BCUT2D eigenvalue weighted by Crippen LogP contribution is -2.49. The summed E-state index contributed by atoms with van der Waals surface area (Å²) < 4.78 is 6.60. The van der Waals surface area contributed by atoms with Crippen LogP contribution in [0.15, 0.2) is 28.7 Å². The van der Waals surface area contributed by atoms with E-state index in [1.807, 2.05) is 6.07 Å². The lowest BCUT2D eigenvalue weighted by molar-refractivity contribution is -0.134. The molecule has 1 heterocycles. The van der Waals surface area contributed by atoms with Gasteiger partial charge in [0.2, 0.25) is 5.91 Å². The van der Waals surface area contributed by atoms with Crippen LogP contribution in [0.2, 0.25) is 0 Å². The number of halogens is 1. The molecule has 1 atom stereocenters. The van der Waals surface area contributed by atoms with Crippen molar-refractivity contribution in [3.63, 3.8) is 0 Å². The van der Waals surface area contributed by atoms with Crippen molar-refractivity contribution in [1.29, 1.82) is 0 Å². The molecule has 20 heavy (non-hydrogen) atoms. The van der Waals surface area contributed by atoms with Crippen LogP contribution in [0.4, 0.5) is 0 Å². The van der Waals surface area contributed by atoms with Crippen molar-refractivity contribution in [1.82, 2.24) is 10.6 Å². The van der Waals surface area contributed by atoms with Gasteiger partial charge in [0, 0.05) is 29.5 Å². The summed E-state index contributed by atoms with van der Waals surface area (Å²) in [7, 11) is 0. The molecule has 0 spiro atoms. The third-order valence-corrected chi connectivity index (χ3v) is 4.81. The zero-order valence-electron chi connectivity index (χ0n) is 11.3. The van der Waals surface area contributed by atoms with E-state index in [1.54, 1.807) is 0 Å². The van der Waals surface area contributed by atoms with E-state index in [2.05, 4.69) is 44.8 Å². The van der Waals surface area contributed by atoms with Crippen molar-refractivity contribution in [3.8, 4) is 0 Å². The largest absolute Gasteiger partial charge is 0.366 e. The van der Waals surface area contributed by atoms with Gasteiger partial charge in [0.1, 0.15) is 6.10 Å². The Morgan fingerprint density at radius 1 is 1.45 bits per heavy atom. The Balaban J connectivity index is 1.60. The molecule has 1 aliphatic heterocycles. The Bertz CT molecular complexity index is 496. The van der Waals surface area contributed by atoms with Gasteiger partial charge in [-0.05, 0) is 24.5 Å². The number of nitrogens with one attached hydrogen (secondary N) is 2. The molecule has 1 aromatic rings. The molecule has 2 aliphatic rings. The van der Waals surface area contributed by atoms with Gasteiger partial charge in [-0.15, -0.1) is 0 Å². The molecular formula is C15H19BrN2O2. The first kappa shape index (κ1) is 14.0. The van der Waals surface area contributed by atoms with E-state index in [0.717, 1.165) is 23.9 Å². The molecule has 5 heteroatoms. The van der Waals surface area contributed by atoms with Gasteiger partial charge in [-0.2, -0.15) is 0 Å². The van der Waals surface area contributed by atoms with Crippen LogP contribution in [0.3, 0.4) is 0 Å². The fourth-order valence-corrected chi connectivity index (χ4v) is 3.39. The molecule has 0 bridgehead atoms. The summed E-state index contributed by atoms with van der Waals surface area (Å²) in [4.78, 5) is 12.1. The predicted molar refractivity (Wildman–Crippen MR) is 80.7 cm³/mol. The Hall–Kier alpha value is -0.910. The molecule has 3 rings (SSSR count). The number of morpholine rings is 1. The topological polar surface area (TPSA) is 50.4 Å². The maximum Gasteiger partial charge on any atom is 0.250 e. The van der Waals surface area contributed by atoms with E-state index in [-0.39, 0.29) is 17.4 Å². The number of rotatable bonds is 4. The number of amides is 1. The average Bonchev–Trinajstić information content (AvgIpc) is 3.27. The second-order valence-electron chi connectivity index (χ2n) is 5.54. The van der Waals surface area contributed by atoms with Crippen molar-refractivity contribution >= 4 is 21.8 Å². The number of hydrogen-bond donors (Lipinski definition) is 2. The van der Waals surface area contributed by atoms with E-state index in [1.165, 1.54) is 5.56 Å². The number of carbonyl (C=O) groups excluding carboxylic acids is 1. The Kier molecular flexibility index (Phi) is 4.10. The molecule has 4 nitrogen and oxygen atoms in total. The predicted octanol–water partition coefficient (Wildman–Crippen LogP) is 1.59. The summed E-state index contributed by atoms with van der Waals surface area (Å²) in [5.74, 6) is -0.00414. The summed E-state index contributed by atoms with van der Waals surface area (Å²) >= 11 is 3.61. The summed E-state index contributed by atoms with van der Waals surface area (Å²) in [6, 6.07) is 8.27. The Morgan fingerprint density at radius 3 is 2.90 bits per heavy atom. The molecule has 1 aromatic carbocycles. The van der Waals surface area contributed by atoms with Gasteiger partial charge in [-0.1, -0.05) is 34.1 Å². The van der Waals surface area contributed by atoms with Crippen LogP contribution < -0.4 is 10.6 Å². The second-order valence-corrected chi connectivity index (χ2v) is 6.40. The highest BCUT2D eigenvalue weighted by atomic mass is 79.9. The summed E-state index contributed by atoms with van der Waals surface area (Å²) in [6.45, 7) is 2.72. The third-order valence-electron chi connectivity index (χ3n) is 4.12. The minimum absolute atomic E-state index is 0.00414. The highest BCUT2D eigenvalue weighted by Crippen LogP contribution is 2.49. The maximum atomic E-state index is 12.1. The number of ether oxygens (including phenoxy) is 1. The molecule has 2 fully saturated rings. The normalized spacial score (nSPS) is 24.1. The summed E-state index contributed by atoms with van der Waals surface area (Å²) in [5, 5.41) is 6.23. The second kappa shape index (κ2) is 5.84. The highest BCUT2D eigenvalue weighted by Gasteiger charge is 2.45. The zero-order valence-corrected chi connectivity index (χ0v) is 12.9. The SMILES string of the molecule is O=C(NCC1(c2ccccc2Br)CC1)C1CNCCO1. The van der Waals surface area contributed by atoms with Gasteiger partial charge in [0.15, 0.2) is 0 Å². The van der Waals surface area contributed by atoms with Gasteiger partial charge in [-0.25, -0.2) is 0 Å². The first-order valence-corrected chi connectivity index (χ1v) is 7.86. The fourth-order valence-electron chi connectivity index (χ4n) is 2.69. The van der Waals surface area contributed by atoms with Crippen molar-refractivity contribution < 1.29 is 9.53 Å². The van der Waals surface area contributed by atoms with Gasteiger partial charge in [-0.3, -0.25) is 4.79 Å². The summed E-state index contributed by atoms with van der Waals surface area (Å²) in [5.41, 5.74) is 1.40. The minimum Gasteiger partial charge on any atom is -0.366 e. The van der Waals surface area contributed by atoms with E-state index in [0.29, 0.717) is 19.7 Å². The van der Waals surface area contributed by atoms with Gasteiger partial charge < -0.3 is 15.4 Å². The van der Waals surface area contributed by atoms with Crippen molar-refractivity contribution in [3.05, 3.63) is 34.3 Å². The summed E-state index contributed by atoms with van der Waals surface area (Å²) in [6.07, 6.45) is 1.90. The number of hydrogen-bond acceptors (Lipinski definition) is 3. The smallest absolute Gasteiger partial charge is 0.250 e. The Labute approximate surface area is 127 Å². The molecule has 2 N–H and O–H groups in total. The number of benzene rings is 1. The first-order valence-electron chi connectivity index (χ1n) is 7.06. The van der Waals surface area contributed by atoms with E-state index in [4.69, 9.17) is 4.74 Å². The van der Waals surface area contributed by atoms with Crippen molar-refractivity contribution in [2.75, 3.05) is 26.2 Å². The van der Waals surface area contributed by atoms with Crippen LogP contribution in [0.25, 0.3) is 0 Å². The minimum atomic E-state index is -0.348. The fraction of sp³-hybridized carbons (Fsp3) is 0.533. The van der Waals surface area contributed by atoms with E-state index < -0.39 is 0 Å². The van der Waals surface area contributed by atoms with Crippen LogP contribution >= 0.6 is 15.9 Å². The van der Waals surface area contributed by atoms with Crippen LogP contribution in [-0.2, 0) is 14.9 Å².